The van der Waals surface area contributed by atoms with Crippen LogP contribution in [0.25, 0.3) is 11.0 Å². The third-order valence-electron chi connectivity index (χ3n) is 5.49. The molecule has 164 valence electrons. The maximum atomic E-state index is 13.1. The molecule has 0 aliphatic carbocycles. The fraction of sp³-hybridized carbons (Fsp3) is 0.250. The number of ether oxygens (including phenoxy) is 1. The van der Waals surface area contributed by atoms with Crippen molar-refractivity contribution in [2.24, 2.45) is 0 Å². The lowest BCUT2D eigenvalue weighted by atomic mass is 9.86. The molecule has 0 radical (unpaired) electrons. The number of carbonyl (C=O) groups is 1. The van der Waals surface area contributed by atoms with Gasteiger partial charge in [-0.3, -0.25) is 0 Å². The summed E-state index contributed by atoms with van der Waals surface area (Å²) in [5.41, 5.74) is 5.02. The normalized spacial score (nSPS) is 11.6. The van der Waals surface area contributed by atoms with Crippen molar-refractivity contribution in [3.63, 3.8) is 0 Å². The highest BCUT2D eigenvalue weighted by molar-refractivity contribution is 7.97. The van der Waals surface area contributed by atoms with Gasteiger partial charge in [0.25, 0.3) is 0 Å². The second-order valence-electron chi connectivity index (χ2n) is 9.00. The standard InChI is InChI=1S/C28H28O3S/c1-19-16-21(28(2,3)4)14-15-24(19)31-27(29)26-23(22-12-8-9-13-25(22)30-26)18-32-17-20-10-6-5-7-11-20/h5-16H,17-18H2,1-4H3. The van der Waals surface area contributed by atoms with Crippen molar-refractivity contribution in [2.45, 2.75) is 44.6 Å². The summed E-state index contributed by atoms with van der Waals surface area (Å²) >= 11 is 1.76. The highest BCUT2D eigenvalue weighted by atomic mass is 32.2. The van der Waals surface area contributed by atoms with E-state index in [9.17, 15) is 4.79 Å². The summed E-state index contributed by atoms with van der Waals surface area (Å²) in [5, 5.41) is 0.958. The number of rotatable bonds is 6. The summed E-state index contributed by atoms with van der Waals surface area (Å²) in [5.74, 6) is 1.92. The van der Waals surface area contributed by atoms with Crippen molar-refractivity contribution >= 4 is 28.7 Å². The third-order valence-corrected chi connectivity index (χ3v) is 6.52. The molecule has 0 atom stereocenters. The first-order chi connectivity index (χ1) is 15.3. The minimum atomic E-state index is -0.455. The molecule has 3 aromatic carbocycles. The second kappa shape index (κ2) is 9.25. The van der Waals surface area contributed by atoms with E-state index < -0.39 is 5.97 Å². The van der Waals surface area contributed by atoms with E-state index in [1.165, 1.54) is 11.1 Å². The number of esters is 1. The van der Waals surface area contributed by atoms with Crippen LogP contribution in [0.4, 0.5) is 0 Å². The first-order valence-corrected chi connectivity index (χ1v) is 11.9. The summed E-state index contributed by atoms with van der Waals surface area (Å²) in [6, 6.07) is 24.1. The average Bonchev–Trinajstić information content (AvgIpc) is 3.14. The zero-order chi connectivity index (χ0) is 22.7. The van der Waals surface area contributed by atoms with Crippen LogP contribution in [0.3, 0.4) is 0 Å². The molecule has 0 N–H and O–H groups in total. The quantitative estimate of drug-likeness (QED) is 0.226. The molecule has 0 amide bonds. The zero-order valence-electron chi connectivity index (χ0n) is 19.0. The number of aryl methyl sites for hydroxylation is 1. The molecule has 3 nitrogen and oxygen atoms in total. The monoisotopic (exact) mass is 444 g/mol. The largest absolute Gasteiger partial charge is 0.449 e. The summed E-state index contributed by atoms with van der Waals surface area (Å²) < 4.78 is 11.8. The Kier molecular flexibility index (Phi) is 6.43. The molecular weight excluding hydrogens is 416 g/mol. The SMILES string of the molecule is Cc1cc(C(C)(C)C)ccc1OC(=O)c1oc2ccccc2c1CSCc1ccccc1. The lowest BCUT2D eigenvalue weighted by molar-refractivity contribution is 0.0701. The first kappa shape index (κ1) is 22.2. The van der Waals surface area contributed by atoms with Gasteiger partial charge in [0.2, 0.25) is 5.76 Å². The van der Waals surface area contributed by atoms with Gasteiger partial charge in [0.1, 0.15) is 11.3 Å². The van der Waals surface area contributed by atoms with Gasteiger partial charge in [0.15, 0.2) is 0 Å². The second-order valence-corrected chi connectivity index (χ2v) is 9.99. The van der Waals surface area contributed by atoms with Crippen molar-refractivity contribution in [3.05, 3.63) is 101 Å². The first-order valence-electron chi connectivity index (χ1n) is 10.8. The smallest absolute Gasteiger partial charge is 0.380 e. The van der Waals surface area contributed by atoms with Gasteiger partial charge in [-0.2, -0.15) is 11.8 Å². The highest BCUT2D eigenvalue weighted by Gasteiger charge is 2.23. The van der Waals surface area contributed by atoms with Crippen molar-refractivity contribution in [3.8, 4) is 5.75 Å². The van der Waals surface area contributed by atoms with Gasteiger partial charge in [-0.15, -0.1) is 0 Å². The maximum absolute atomic E-state index is 13.1. The summed E-state index contributed by atoms with van der Waals surface area (Å²) in [6.45, 7) is 8.47. The fourth-order valence-electron chi connectivity index (χ4n) is 3.63. The van der Waals surface area contributed by atoms with Crippen LogP contribution >= 0.6 is 11.8 Å². The molecular formula is C28H28O3S. The Morgan fingerprint density at radius 1 is 0.938 bits per heavy atom. The number of fused-ring (bicyclic) bond motifs is 1. The lowest BCUT2D eigenvalue weighted by Crippen LogP contribution is -2.13. The van der Waals surface area contributed by atoms with E-state index in [2.05, 4.69) is 39.0 Å². The predicted octanol–water partition coefficient (Wildman–Crippen LogP) is 7.69. The number of hydrogen-bond acceptors (Lipinski definition) is 4. The van der Waals surface area contributed by atoms with Crippen molar-refractivity contribution in [1.29, 1.82) is 0 Å². The molecule has 0 aliphatic rings. The van der Waals surface area contributed by atoms with E-state index in [0.717, 1.165) is 22.3 Å². The van der Waals surface area contributed by atoms with Crippen molar-refractivity contribution in [2.75, 3.05) is 0 Å². The molecule has 0 saturated heterocycles. The van der Waals surface area contributed by atoms with Gasteiger partial charge in [0.05, 0.1) is 0 Å². The molecule has 0 spiro atoms. The van der Waals surface area contributed by atoms with Crippen LogP contribution in [0, 0.1) is 6.92 Å². The molecule has 1 heterocycles. The van der Waals surface area contributed by atoms with E-state index in [1.54, 1.807) is 11.8 Å². The molecule has 4 aromatic rings. The van der Waals surface area contributed by atoms with Crippen molar-refractivity contribution in [1.82, 2.24) is 0 Å². The van der Waals surface area contributed by atoms with Crippen LogP contribution in [0.2, 0.25) is 0 Å². The molecule has 4 rings (SSSR count). The minimum Gasteiger partial charge on any atom is -0.449 e. The average molecular weight is 445 g/mol. The summed E-state index contributed by atoms with van der Waals surface area (Å²) in [4.78, 5) is 13.1. The Morgan fingerprint density at radius 2 is 1.66 bits per heavy atom. The van der Waals surface area contributed by atoms with Crippen LogP contribution < -0.4 is 4.74 Å². The Morgan fingerprint density at radius 3 is 2.38 bits per heavy atom. The van der Waals surface area contributed by atoms with E-state index in [0.29, 0.717) is 17.1 Å². The van der Waals surface area contributed by atoms with Crippen LogP contribution in [-0.4, -0.2) is 5.97 Å². The maximum Gasteiger partial charge on any atom is 0.380 e. The number of hydrogen-bond donors (Lipinski definition) is 0. The van der Waals surface area contributed by atoms with E-state index in [4.69, 9.17) is 9.15 Å². The Bertz CT molecular complexity index is 1230. The number of furan rings is 1. The fourth-order valence-corrected chi connectivity index (χ4v) is 4.65. The molecule has 32 heavy (non-hydrogen) atoms. The lowest BCUT2D eigenvalue weighted by Gasteiger charge is -2.20. The van der Waals surface area contributed by atoms with E-state index in [1.807, 2.05) is 61.5 Å². The Balaban J connectivity index is 1.58. The van der Waals surface area contributed by atoms with Gasteiger partial charge in [-0.1, -0.05) is 81.4 Å². The van der Waals surface area contributed by atoms with E-state index >= 15 is 0 Å². The third kappa shape index (κ3) is 4.91. The van der Waals surface area contributed by atoms with Crippen molar-refractivity contribution < 1.29 is 13.9 Å². The minimum absolute atomic E-state index is 0.0369. The van der Waals surface area contributed by atoms with Gasteiger partial charge in [0, 0.05) is 22.5 Å². The van der Waals surface area contributed by atoms with Crippen LogP contribution in [0.1, 0.15) is 53.6 Å². The molecule has 0 fully saturated rings. The van der Waals surface area contributed by atoms with Crippen LogP contribution in [-0.2, 0) is 16.9 Å². The van der Waals surface area contributed by atoms with Gasteiger partial charge >= 0.3 is 5.97 Å². The number of thioether (sulfide) groups is 1. The van der Waals surface area contributed by atoms with E-state index in [-0.39, 0.29) is 11.2 Å². The highest BCUT2D eigenvalue weighted by Crippen LogP contribution is 2.32. The van der Waals surface area contributed by atoms with Gasteiger partial charge in [-0.25, -0.2) is 4.79 Å². The number of para-hydroxylation sites is 1. The van der Waals surface area contributed by atoms with Gasteiger partial charge < -0.3 is 9.15 Å². The Hall–Kier alpha value is -2.98. The topological polar surface area (TPSA) is 39.4 Å². The predicted molar refractivity (Wildman–Crippen MR) is 132 cm³/mol. The molecule has 1 aromatic heterocycles. The number of benzene rings is 3. The molecule has 0 unspecified atom stereocenters. The molecule has 0 saturated carbocycles. The molecule has 0 bridgehead atoms. The summed E-state index contributed by atoms with van der Waals surface area (Å²) in [6.07, 6.45) is 0. The molecule has 0 aliphatic heterocycles. The zero-order valence-corrected chi connectivity index (χ0v) is 19.8. The van der Waals surface area contributed by atoms with Gasteiger partial charge in [-0.05, 0) is 41.2 Å². The Labute approximate surface area is 193 Å². The summed E-state index contributed by atoms with van der Waals surface area (Å²) in [7, 11) is 0. The van der Waals surface area contributed by atoms with Crippen LogP contribution in [0.15, 0.2) is 77.2 Å². The number of carbonyl (C=O) groups excluding carboxylic acids is 1. The van der Waals surface area contributed by atoms with Crippen LogP contribution in [0.5, 0.6) is 5.75 Å². The molecule has 4 heteroatoms.